The predicted molar refractivity (Wildman–Crippen MR) is 139 cm³/mol. The van der Waals surface area contributed by atoms with Crippen LogP contribution in [0.5, 0.6) is 0 Å². The number of hydrogen-bond acceptors (Lipinski definition) is 6. The van der Waals surface area contributed by atoms with Crippen molar-refractivity contribution >= 4 is 29.5 Å². The van der Waals surface area contributed by atoms with Gasteiger partial charge in [-0.15, -0.1) is 18.3 Å². The van der Waals surface area contributed by atoms with E-state index in [0.29, 0.717) is 19.5 Å². The average molecular weight is 507 g/mol. The molecule has 0 saturated carbocycles. The first-order valence-electron chi connectivity index (χ1n) is 12.9. The zero-order valence-electron chi connectivity index (χ0n) is 21.7. The minimum absolute atomic E-state index is 0.0497. The third-order valence-corrected chi connectivity index (χ3v) is 10.0. The van der Waals surface area contributed by atoms with Crippen molar-refractivity contribution in [2.24, 2.45) is 17.8 Å². The Hall–Kier alpha value is -1.80. The summed E-state index contributed by atoms with van der Waals surface area (Å²) in [4.78, 5) is 45.1. The fourth-order valence-corrected chi connectivity index (χ4v) is 8.71. The summed E-state index contributed by atoms with van der Waals surface area (Å²) in [5.74, 6) is -2.04. The predicted octanol–water partition coefficient (Wildman–Crippen LogP) is 3.42. The fraction of sp³-hybridized carbons (Fsp3) is 0.741. The molecule has 3 heterocycles. The number of aliphatic hydroxyl groups excluding tert-OH is 1. The minimum Gasteiger partial charge on any atom is -0.461 e. The summed E-state index contributed by atoms with van der Waals surface area (Å²) in [6.07, 6.45) is 7.58. The molecule has 3 rings (SSSR count). The molecule has 2 bridgehead atoms. The average Bonchev–Trinajstić information content (AvgIpc) is 3.38. The van der Waals surface area contributed by atoms with Gasteiger partial charge < -0.3 is 19.6 Å². The third-order valence-electron chi connectivity index (χ3n) is 8.05. The number of ether oxygens (including phenoxy) is 1. The first-order chi connectivity index (χ1) is 16.6. The lowest BCUT2D eigenvalue weighted by Gasteiger charge is -2.40. The number of hydrogen-bond donors (Lipinski definition) is 1. The molecule has 3 aliphatic rings. The van der Waals surface area contributed by atoms with Crippen molar-refractivity contribution in [3.05, 3.63) is 25.3 Å². The molecule has 6 atom stereocenters. The number of unbranched alkanes of at least 4 members (excludes halogenated alkanes) is 2. The Morgan fingerprint density at radius 2 is 2.00 bits per heavy atom. The van der Waals surface area contributed by atoms with Gasteiger partial charge in [0.25, 0.3) is 0 Å². The summed E-state index contributed by atoms with van der Waals surface area (Å²) in [5.41, 5.74) is 0. The van der Waals surface area contributed by atoms with Gasteiger partial charge in [-0.2, -0.15) is 0 Å². The highest BCUT2D eigenvalue weighted by molar-refractivity contribution is 8.02. The van der Waals surface area contributed by atoms with Gasteiger partial charge in [0.15, 0.2) is 0 Å². The summed E-state index contributed by atoms with van der Waals surface area (Å²) < 4.78 is 4.28. The lowest BCUT2D eigenvalue weighted by molar-refractivity contribution is -0.155. The smallest absolute Gasteiger partial charge is 0.311 e. The molecule has 196 valence electrons. The van der Waals surface area contributed by atoms with Gasteiger partial charge >= 0.3 is 5.97 Å². The van der Waals surface area contributed by atoms with Crippen LogP contribution in [0.2, 0.25) is 0 Å². The first-order valence-corrected chi connectivity index (χ1v) is 13.8. The molecular formula is C27H42N2O5S. The molecule has 1 spiro atoms. The number of carbonyl (C=O) groups is 3. The molecule has 0 aromatic rings. The van der Waals surface area contributed by atoms with Crippen LogP contribution in [0.15, 0.2) is 25.3 Å². The Balaban J connectivity index is 2.08. The SMILES string of the molecule is C=CCOC(=O)[C@@H]1[C@H]2C(=O)N([C@@H](CO)C(C)C)C(C(=O)N(CC=C)CCCCC)C23CC[C@@]1(C)S3. The van der Waals surface area contributed by atoms with Crippen LogP contribution < -0.4 is 0 Å². The molecule has 1 N–H and O–H groups in total. The van der Waals surface area contributed by atoms with E-state index in [9.17, 15) is 19.5 Å². The first kappa shape index (κ1) is 27.8. The van der Waals surface area contributed by atoms with E-state index in [-0.39, 0.29) is 30.9 Å². The van der Waals surface area contributed by atoms with Crippen LogP contribution >= 0.6 is 11.8 Å². The summed E-state index contributed by atoms with van der Waals surface area (Å²) >= 11 is 1.63. The molecule has 0 aromatic carbocycles. The van der Waals surface area contributed by atoms with E-state index in [4.69, 9.17) is 4.74 Å². The Kier molecular flexibility index (Phi) is 8.79. The second kappa shape index (κ2) is 11.1. The van der Waals surface area contributed by atoms with Gasteiger partial charge in [-0.25, -0.2) is 0 Å². The van der Waals surface area contributed by atoms with Crippen molar-refractivity contribution in [1.82, 2.24) is 9.80 Å². The molecule has 3 aliphatic heterocycles. The van der Waals surface area contributed by atoms with Crippen LogP contribution in [-0.4, -0.2) is 80.6 Å². The van der Waals surface area contributed by atoms with E-state index in [0.717, 1.165) is 25.7 Å². The molecule has 2 unspecified atom stereocenters. The fourth-order valence-electron chi connectivity index (χ4n) is 6.38. The highest BCUT2D eigenvalue weighted by Gasteiger charge is 2.78. The summed E-state index contributed by atoms with van der Waals surface area (Å²) in [6.45, 7) is 16.4. The zero-order valence-corrected chi connectivity index (χ0v) is 22.5. The van der Waals surface area contributed by atoms with E-state index in [1.54, 1.807) is 27.6 Å². The number of thioether (sulfide) groups is 1. The Bertz CT molecular complexity index is 847. The van der Waals surface area contributed by atoms with E-state index < -0.39 is 39.4 Å². The molecule has 2 amide bonds. The quantitative estimate of drug-likeness (QED) is 0.234. The molecule has 8 heteroatoms. The Morgan fingerprint density at radius 3 is 2.57 bits per heavy atom. The molecule has 3 saturated heterocycles. The molecular weight excluding hydrogens is 464 g/mol. The maximum Gasteiger partial charge on any atom is 0.311 e. The lowest BCUT2D eigenvalue weighted by atomic mass is 9.66. The number of esters is 1. The van der Waals surface area contributed by atoms with E-state index in [1.165, 1.54) is 6.08 Å². The third kappa shape index (κ3) is 4.68. The largest absolute Gasteiger partial charge is 0.461 e. The van der Waals surface area contributed by atoms with Crippen molar-refractivity contribution in [1.29, 1.82) is 0 Å². The topological polar surface area (TPSA) is 87.1 Å². The number of nitrogens with zero attached hydrogens (tertiary/aromatic N) is 2. The van der Waals surface area contributed by atoms with Gasteiger partial charge in [-0.3, -0.25) is 14.4 Å². The minimum atomic E-state index is -0.731. The summed E-state index contributed by atoms with van der Waals surface area (Å²) in [6, 6.07) is -1.24. The van der Waals surface area contributed by atoms with Crippen molar-refractivity contribution in [2.45, 2.75) is 81.4 Å². The number of amides is 2. The second-order valence-electron chi connectivity index (χ2n) is 10.7. The van der Waals surface area contributed by atoms with Crippen LogP contribution in [0.1, 0.15) is 59.8 Å². The van der Waals surface area contributed by atoms with Gasteiger partial charge in [-0.1, -0.05) is 52.3 Å². The number of carbonyl (C=O) groups excluding carboxylic acids is 3. The number of aliphatic hydroxyl groups is 1. The van der Waals surface area contributed by atoms with Crippen LogP contribution in [0.4, 0.5) is 0 Å². The van der Waals surface area contributed by atoms with Gasteiger partial charge in [0.1, 0.15) is 12.6 Å². The molecule has 0 aromatic heterocycles. The van der Waals surface area contributed by atoms with Gasteiger partial charge in [0.05, 0.1) is 29.2 Å². The maximum atomic E-state index is 14.3. The van der Waals surface area contributed by atoms with Crippen LogP contribution in [0.3, 0.4) is 0 Å². The van der Waals surface area contributed by atoms with Crippen molar-refractivity contribution in [3.8, 4) is 0 Å². The van der Waals surface area contributed by atoms with Crippen LogP contribution in [0.25, 0.3) is 0 Å². The van der Waals surface area contributed by atoms with Gasteiger partial charge in [-0.05, 0) is 32.1 Å². The van der Waals surface area contributed by atoms with E-state index in [1.807, 2.05) is 20.8 Å². The standard InChI is InChI=1S/C27H42N2O5S/c1-7-10-11-15-28(14-8-2)24(32)22-27-13-12-26(6,35-27)21(25(33)34-16-9-3)20(27)23(31)29(22)19(17-30)18(4)5/h8-9,18-22,30H,2-3,7,10-17H2,1,4-6H3/t19-,20-,21-,22?,26+,27?/m0/s1. The molecule has 7 nitrogen and oxygen atoms in total. The van der Waals surface area contributed by atoms with Crippen LogP contribution in [0, 0.1) is 17.8 Å². The molecule has 0 radical (unpaired) electrons. The van der Waals surface area contributed by atoms with Crippen molar-refractivity contribution in [3.63, 3.8) is 0 Å². The van der Waals surface area contributed by atoms with Gasteiger partial charge in [0, 0.05) is 17.8 Å². The van der Waals surface area contributed by atoms with E-state index >= 15 is 0 Å². The number of likely N-dealkylation sites (tertiary alicyclic amines) is 1. The highest BCUT2D eigenvalue weighted by Crippen LogP contribution is 2.71. The Morgan fingerprint density at radius 1 is 1.29 bits per heavy atom. The molecule has 3 fully saturated rings. The molecule has 0 aliphatic carbocycles. The zero-order chi connectivity index (χ0) is 26.0. The number of fused-ring (bicyclic) bond motifs is 1. The summed E-state index contributed by atoms with van der Waals surface area (Å²) in [5, 5.41) is 10.3. The van der Waals surface area contributed by atoms with Crippen LogP contribution in [-0.2, 0) is 19.1 Å². The van der Waals surface area contributed by atoms with Crippen molar-refractivity contribution < 1.29 is 24.2 Å². The number of rotatable bonds is 13. The van der Waals surface area contributed by atoms with Gasteiger partial charge in [0.2, 0.25) is 11.8 Å². The monoisotopic (exact) mass is 506 g/mol. The second-order valence-corrected chi connectivity index (χ2v) is 12.6. The highest BCUT2D eigenvalue weighted by atomic mass is 32.2. The van der Waals surface area contributed by atoms with E-state index in [2.05, 4.69) is 20.1 Å². The lowest BCUT2D eigenvalue weighted by Crippen LogP contribution is -2.58. The normalized spacial score (nSPS) is 32.0. The molecule has 35 heavy (non-hydrogen) atoms. The Labute approximate surface area is 214 Å². The summed E-state index contributed by atoms with van der Waals surface area (Å²) in [7, 11) is 0. The van der Waals surface area contributed by atoms with Crippen molar-refractivity contribution in [2.75, 3.05) is 26.3 Å². The maximum absolute atomic E-state index is 14.3.